The zero-order valence-electron chi connectivity index (χ0n) is 10.3. The molecule has 1 saturated heterocycles. The molecule has 0 aromatic heterocycles. The molecule has 0 saturated carbocycles. The molecule has 7 nitrogen and oxygen atoms in total. The van der Waals surface area contributed by atoms with Crippen LogP contribution in [0.1, 0.15) is 13.8 Å². The Kier molecular flexibility index (Phi) is 5.64. The highest BCUT2D eigenvalue weighted by molar-refractivity contribution is 7.87. The van der Waals surface area contributed by atoms with Crippen LogP contribution in [-0.4, -0.2) is 56.6 Å². The molecule has 1 fully saturated rings. The van der Waals surface area contributed by atoms with Gasteiger partial charge in [0, 0.05) is 19.0 Å². The van der Waals surface area contributed by atoms with Crippen molar-refractivity contribution >= 4 is 27.9 Å². The molecule has 0 aromatic carbocycles. The average molecular weight is 301 g/mol. The third-order valence-electron chi connectivity index (χ3n) is 2.17. The number of nitrogens with one attached hydrogen (secondary N) is 1. The summed E-state index contributed by atoms with van der Waals surface area (Å²) in [5.41, 5.74) is 0. The molecule has 1 atom stereocenters. The van der Waals surface area contributed by atoms with Crippen LogP contribution in [0.5, 0.6) is 0 Å². The molecular weight excluding hydrogens is 284 g/mol. The molecule has 0 aromatic rings. The van der Waals surface area contributed by atoms with Gasteiger partial charge in [0.15, 0.2) is 0 Å². The van der Waals surface area contributed by atoms with Crippen molar-refractivity contribution in [3.8, 4) is 0 Å². The van der Waals surface area contributed by atoms with Crippen molar-refractivity contribution in [2.24, 2.45) is 0 Å². The summed E-state index contributed by atoms with van der Waals surface area (Å²) in [6.45, 7) is 3.80. The van der Waals surface area contributed by atoms with E-state index < -0.39 is 16.3 Å². The van der Waals surface area contributed by atoms with E-state index in [0.29, 0.717) is 0 Å². The van der Waals surface area contributed by atoms with Crippen LogP contribution < -0.4 is 4.72 Å². The second-order valence-electron chi connectivity index (χ2n) is 4.07. The van der Waals surface area contributed by atoms with Crippen LogP contribution >= 0.6 is 11.6 Å². The quantitative estimate of drug-likeness (QED) is 0.755. The molecule has 1 heterocycles. The molecular formula is C9H17ClN2O5S. The highest BCUT2D eigenvalue weighted by atomic mass is 35.5. The lowest BCUT2D eigenvalue weighted by Gasteiger charge is -2.30. The predicted molar refractivity (Wildman–Crippen MR) is 65.7 cm³/mol. The number of alkyl halides is 1. The van der Waals surface area contributed by atoms with Crippen LogP contribution in [0.25, 0.3) is 0 Å². The number of hydrogen-bond donors (Lipinski definition) is 1. The number of halogens is 1. The smallest absolute Gasteiger partial charge is 0.422 e. The molecule has 1 N–H and O–H groups in total. The second kappa shape index (κ2) is 6.55. The first kappa shape index (κ1) is 15.5. The van der Waals surface area contributed by atoms with Crippen LogP contribution in [-0.2, 0) is 19.7 Å². The molecule has 1 rings (SSSR count). The Labute approximate surface area is 112 Å². The van der Waals surface area contributed by atoms with Crippen molar-refractivity contribution in [1.82, 2.24) is 9.03 Å². The SMILES string of the molecule is CC(C)OC(=O)NS(=O)(=O)N1CCOC(CCl)C1. The topological polar surface area (TPSA) is 84.9 Å². The molecule has 0 spiro atoms. The summed E-state index contributed by atoms with van der Waals surface area (Å²) in [5, 5.41) is 0. The lowest BCUT2D eigenvalue weighted by atomic mass is 10.3. The first-order chi connectivity index (χ1) is 8.35. The molecule has 1 aliphatic rings. The van der Waals surface area contributed by atoms with Gasteiger partial charge in [0.1, 0.15) is 0 Å². The van der Waals surface area contributed by atoms with Crippen molar-refractivity contribution in [2.45, 2.75) is 26.1 Å². The van der Waals surface area contributed by atoms with Crippen molar-refractivity contribution in [2.75, 3.05) is 25.6 Å². The zero-order valence-corrected chi connectivity index (χ0v) is 11.8. The third-order valence-corrected chi connectivity index (χ3v) is 3.95. The number of nitrogens with zero attached hydrogens (tertiary/aromatic N) is 1. The molecule has 0 radical (unpaired) electrons. The van der Waals surface area contributed by atoms with Gasteiger partial charge in [-0.1, -0.05) is 0 Å². The lowest BCUT2D eigenvalue weighted by molar-refractivity contribution is 0.0117. The molecule has 106 valence electrons. The molecule has 1 aliphatic heterocycles. The number of carbonyl (C=O) groups excluding carboxylic acids is 1. The van der Waals surface area contributed by atoms with Gasteiger partial charge in [-0.3, -0.25) is 0 Å². The van der Waals surface area contributed by atoms with Crippen LogP contribution in [0.4, 0.5) is 4.79 Å². The molecule has 1 unspecified atom stereocenters. The van der Waals surface area contributed by atoms with Gasteiger partial charge in [-0.25, -0.2) is 9.52 Å². The van der Waals surface area contributed by atoms with E-state index in [1.54, 1.807) is 13.8 Å². The van der Waals surface area contributed by atoms with Crippen molar-refractivity contribution in [3.05, 3.63) is 0 Å². The predicted octanol–water partition coefficient (Wildman–Crippen LogP) is 0.305. The van der Waals surface area contributed by atoms with E-state index in [-0.39, 0.29) is 37.8 Å². The highest BCUT2D eigenvalue weighted by Gasteiger charge is 2.30. The summed E-state index contributed by atoms with van der Waals surface area (Å²) in [5.74, 6) is 0.197. The Hall–Kier alpha value is -0.570. The van der Waals surface area contributed by atoms with E-state index in [0.717, 1.165) is 4.31 Å². The number of carbonyl (C=O) groups is 1. The minimum absolute atomic E-state index is 0.119. The third kappa shape index (κ3) is 4.60. The fourth-order valence-corrected chi connectivity index (χ4v) is 2.66. The van der Waals surface area contributed by atoms with Crippen molar-refractivity contribution in [1.29, 1.82) is 0 Å². The van der Waals surface area contributed by atoms with Gasteiger partial charge in [0.05, 0.1) is 18.8 Å². The summed E-state index contributed by atoms with van der Waals surface area (Å²) < 4.78 is 36.6. The normalized spacial score (nSPS) is 21.9. The number of morpholine rings is 1. The first-order valence-corrected chi connectivity index (χ1v) is 7.48. The van der Waals surface area contributed by atoms with Gasteiger partial charge in [0.2, 0.25) is 0 Å². The van der Waals surface area contributed by atoms with E-state index in [4.69, 9.17) is 21.1 Å². The lowest BCUT2D eigenvalue weighted by Crippen LogP contribution is -2.51. The number of ether oxygens (including phenoxy) is 2. The van der Waals surface area contributed by atoms with Gasteiger partial charge < -0.3 is 9.47 Å². The molecule has 9 heteroatoms. The number of amides is 1. The first-order valence-electron chi connectivity index (χ1n) is 5.51. The standard InChI is InChI=1S/C9H17ClN2O5S/c1-7(2)17-9(13)11-18(14,15)12-3-4-16-8(5-10)6-12/h7-8H,3-6H2,1-2H3,(H,11,13). The van der Waals surface area contributed by atoms with Gasteiger partial charge >= 0.3 is 16.3 Å². The van der Waals surface area contributed by atoms with E-state index >= 15 is 0 Å². The Morgan fingerprint density at radius 2 is 2.28 bits per heavy atom. The van der Waals surface area contributed by atoms with Crippen LogP contribution in [0.2, 0.25) is 0 Å². The van der Waals surface area contributed by atoms with E-state index in [9.17, 15) is 13.2 Å². The molecule has 1 amide bonds. The fourth-order valence-electron chi connectivity index (χ4n) is 1.41. The van der Waals surface area contributed by atoms with Crippen LogP contribution in [0.15, 0.2) is 0 Å². The van der Waals surface area contributed by atoms with Gasteiger partial charge in [-0.05, 0) is 13.8 Å². The van der Waals surface area contributed by atoms with Gasteiger partial charge in [0.25, 0.3) is 0 Å². The van der Waals surface area contributed by atoms with Crippen LogP contribution in [0.3, 0.4) is 0 Å². The van der Waals surface area contributed by atoms with Crippen LogP contribution in [0, 0.1) is 0 Å². The molecule has 0 aliphatic carbocycles. The maximum absolute atomic E-state index is 11.9. The Morgan fingerprint density at radius 3 is 2.83 bits per heavy atom. The van der Waals surface area contributed by atoms with E-state index in [2.05, 4.69) is 0 Å². The minimum Gasteiger partial charge on any atom is -0.446 e. The minimum atomic E-state index is -3.90. The van der Waals surface area contributed by atoms with Gasteiger partial charge in [-0.15, -0.1) is 11.6 Å². The van der Waals surface area contributed by atoms with E-state index in [1.165, 1.54) is 0 Å². The fraction of sp³-hybridized carbons (Fsp3) is 0.889. The molecule has 0 bridgehead atoms. The maximum Gasteiger partial charge on any atom is 0.422 e. The summed E-state index contributed by atoms with van der Waals surface area (Å²) in [7, 11) is -3.90. The Morgan fingerprint density at radius 1 is 1.61 bits per heavy atom. The summed E-state index contributed by atoms with van der Waals surface area (Å²) in [6.07, 6.45) is -1.74. The van der Waals surface area contributed by atoms with E-state index in [1.807, 2.05) is 4.72 Å². The summed E-state index contributed by atoms with van der Waals surface area (Å²) in [6, 6.07) is 0. The summed E-state index contributed by atoms with van der Waals surface area (Å²) in [4.78, 5) is 11.3. The largest absolute Gasteiger partial charge is 0.446 e. The number of hydrogen-bond acceptors (Lipinski definition) is 5. The maximum atomic E-state index is 11.9. The highest BCUT2D eigenvalue weighted by Crippen LogP contribution is 2.10. The second-order valence-corrected chi connectivity index (χ2v) is 6.05. The average Bonchev–Trinajstić information content (AvgIpc) is 2.27. The number of rotatable bonds is 4. The monoisotopic (exact) mass is 300 g/mol. The summed E-state index contributed by atoms with van der Waals surface area (Å²) >= 11 is 5.61. The molecule has 18 heavy (non-hydrogen) atoms. The Bertz CT molecular complexity index is 386. The van der Waals surface area contributed by atoms with Crippen molar-refractivity contribution in [3.63, 3.8) is 0 Å². The Balaban J connectivity index is 2.60. The van der Waals surface area contributed by atoms with Gasteiger partial charge in [-0.2, -0.15) is 12.7 Å². The zero-order chi connectivity index (χ0) is 13.8. The van der Waals surface area contributed by atoms with Crippen molar-refractivity contribution < 1.29 is 22.7 Å².